The van der Waals surface area contributed by atoms with Gasteiger partial charge in [-0.1, -0.05) is 6.07 Å². The smallest absolute Gasteiger partial charge is 0.223 e. The molecule has 106 valence electrons. The number of hydrogen-bond donors (Lipinski definition) is 2. The molecule has 1 aromatic rings. The van der Waals surface area contributed by atoms with Crippen molar-refractivity contribution in [1.29, 1.82) is 5.26 Å². The first-order chi connectivity index (χ1) is 9.79. The Morgan fingerprint density at radius 3 is 3.00 bits per heavy atom. The first-order valence-corrected chi connectivity index (χ1v) is 6.91. The van der Waals surface area contributed by atoms with Gasteiger partial charge in [-0.2, -0.15) is 5.26 Å². The van der Waals surface area contributed by atoms with E-state index in [1.54, 1.807) is 24.3 Å². The molecule has 0 atom stereocenters. The molecule has 0 aliphatic carbocycles. The van der Waals surface area contributed by atoms with Crippen LogP contribution >= 0.6 is 0 Å². The molecule has 1 aliphatic rings. The number of nitrogens with one attached hydrogen (secondary N) is 2. The van der Waals surface area contributed by atoms with Crippen molar-refractivity contribution in [3.8, 4) is 11.8 Å². The Morgan fingerprint density at radius 1 is 1.45 bits per heavy atom. The van der Waals surface area contributed by atoms with E-state index in [0.717, 1.165) is 25.9 Å². The molecule has 1 heterocycles. The molecule has 5 heteroatoms. The van der Waals surface area contributed by atoms with Crippen molar-refractivity contribution in [1.82, 2.24) is 10.6 Å². The van der Waals surface area contributed by atoms with Crippen LogP contribution in [0.3, 0.4) is 0 Å². The number of ether oxygens (including phenoxy) is 1. The molecule has 1 saturated heterocycles. The van der Waals surface area contributed by atoms with Crippen LogP contribution in [0.25, 0.3) is 0 Å². The van der Waals surface area contributed by atoms with E-state index in [1.807, 2.05) is 0 Å². The normalized spacial score (nSPS) is 15.3. The summed E-state index contributed by atoms with van der Waals surface area (Å²) in [5.74, 6) is 0.888. The molecular formula is C15H19N3O2. The number of benzene rings is 1. The van der Waals surface area contributed by atoms with Crippen molar-refractivity contribution in [3.05, 3.63) is 29.8 Å². The van der Waals surface area contributed by atoms with Crippen molar-refractivity contribution in [2.24, 2.45) is 5.92 Å². The molecule has 0 unspecified atom stereocenters. The summed E-state index contributed by atoms with van der Waals surface area (Å²) in [5, 5.41) is 14.9. The van der Waals surface area contributed by atoms with Crippen molar-refractivity contribution >= 4 is 5.91 Å². The lowest BCUT2D eigenvalue weighted by molar-refractivity contribution is -0.125. The number of carbonyl (C=O) groups is 1. The minimum atomic E-state index is 0.112. The second-order valence-electron chi connectivity index (χ2n) is 4.80. The summed E-state index contributed by atoms with van der Waals surface area (Å²) in [6, 6.07) is 9.06. The van der Waals surface area contributed by atoms with Crippen LogP contribution in [0.1, 0.15) is 18.4 Å². The third-order valence-corrected chi connectivity index (χ3v) is 3.34. The molecule has 2 N–H and O–H groups in total. The van der Waals surface area contributed by atoms with Gasteiger partial charge in [0.15, 0.2) is 0 Å². The van der Waals surface area contributed by atoms with Gasteiger partial charge in [0.1, 0.15) is 12.4 Å². The van der Waals surface area contributed by atoms with E-state index >= 15 is 0 Å². The van der Waals surface area contributed by atoms with Crippen LogP contribution in [0.2, 0.25) is 0 Å². The van der Waals surface area contributed by atoms with Gasteiger partial charge in [0.25, 0.3) is 0 Å². The highest BCUT2D eigenvalue weighted by Crippen LogP contribution is 2.13. The van der Waals surface area contributed by atoms with Crippen molar-refractivity contribution in [2.45, 2.75) is 12.8 Å². The van der Waals surface area contributed by atoms with Crippen molar-refractivity contribution < 1.29 is 9.53 Å². The predicted molar refractivity (Wildman–Crippen MR) is 75.3 cm³/mol. The van der Waals surface area contributed by atoms with E-state index in [9.17, 15) is 4.79 Å². The molecule has 1 aliphatic heterocycles. The van der Waals surface area contributed by atoms with Gasteiger partial charge < -0.3 is 15.4 Å². The minimum Gasteiger partial charge on any atom is -0.492 e. The largest absolute Gasteiger partial charge is 0.492 e. The maximum Gasteiger partial charge on any atom is 0.223 e. The van der Waals surface area contributed by atoms with E-state index in [2.05, 4.69) is 16.7 Å². The zero-order valence-electron chi connectivity index (χ0n) is 11.4. The maximum atomic E-state index is 11.9. The Bertz CT molecular complexity index is 490. The molecule has 1 fully saturated rings. The molecular weight excluding hydrogens is 254 g/mol. The standard InChI is InChI=1S/C15H19N3O2/c16-11-12-2-1-3-14(10-12)20-9-8-18-15(19)13-4-6-17-7-5-13/h1-3,10,13,17H,4-9H2,(H,18,19). The monoisotopic (exact) mass is 273 g/mol. The van der Waals surface area contributed by atoms with E-state index < -0.39 is 0 Å². The minimum absolute atomic E-state index is 0.112. The number of nitrogens with zero attached hydrogens (tertiary/aromatic N) is 1. The van der Waals surface area contributed by atoms with Crippen LogP contribution in [0.15, 0.2) is 24.3 Å². The van der Waals surface area contributed by atoms with Gasteiger partial charge in [-0.05, 0) is 44.1 Å². The van der Waals surface area contributed by atoms with E-state index in [-0.39, 0.29) is 11.8 Å². The fourth-order valence-corrected chi connectivity index (χ4v) is 2.23. The highest BCUT2D eigenvalue weighted by atomic mass is 16.5. The summed E-state index contributed by atoms with van der Waals surface area (Å²) in [5.41, 5.74) is 0.571. The summed E-state index contributed by atoms with van der Waals surface area (Å²) in [7, 11) is 0. The van der Waals surface area contributed by atoms with Gasteiger partial charge in [0.05, 0.1) is 18.2 Å². The van der Waals surface area contributed by atoms with Gasteiger partial charge in [-0.25, -0.2) is 0 Å². The van der Waals surface area contributed by atoms with E-state index in [1.165, 1.54) is 0 Å². The molecule has 0 bridgehead atoms. The predicted octanol–water partition coefficient (Wildman–Crippen LogP) is 1.05. The number of rotatable bonds is 5. The third kappa shape index (κ3) is 4.25. The lowest BCUT2D eigenvalue weighted by atomic mass is 9.97. The van der Waals surface area contributed by atoms with Gasteiger partial charge in [-0.15, -0.1) is 0 Å². The van der Waals surface area contributed by atoms with Gasteiger partial charge >= 0.3 is 0 Å². The lowest BCUT2D eigenvalue weighted by Gasteiger charge is -2.21. The molecule has 0 spiro atoms. The molecule has 1 aromatic carbocycles. The Hall–Kier alpha value is -2.06. The number of carbonyl (C=O) groups excluding carboxylic acids is 1. The van der Waals surface area contributed by atoms with E-state index in [0.29, 0.717) is 24.5 Å². The topological polar surface area (TPSA) is 74.1 Å². The Morgan fingerprint density at radius 2 is 2.25 bits per heavy atom. The number of amides is 1. The highest BCUT2D eigenvalue weighted by molar-refractivity contribution is 5.78. The third-order valence-electron chi connectivity index (χ3n) is 3.34. The second kappa shape index (κ2) is 7.51. The summed E-state index contributed by atoms with van der Waals surface area (Å²) >= 11 is 0. The average molecular weight is 273 g/mol. The Kier molecular flexibility index (Phi) is 5.39. The summed E-state index contributed by atoms with van der Waals surface area (Å²) < 4.78 is 5.51. The van der Waals surface area contributed by atoms with Crippen molar-refractivity contribution in [3.63, 3.8) is 0 Å². The summed E-state index contributed by atoms with van der Waals surface area (Å²) in [4.78, 5) is 11.9. The Balaban J connectivity index is 1.68. The summed E-state index contributed by atoms with van der Waals surface area (Å²) in [6.45, 7) is 2.72. The Labute approximate surface area is 118 Å². The molecule has 2 rings (SSSR count). The first-order valence-electron chi connectivity index (χ1n) is 6.91. The highest BCUT2D eigenvalue weighted by Gasteiger charge is 2.20. The van der Waals surface area contributed by atoms with Gasteiger partial charge in [0.2, 0.25) is 5.91 Å². The van der Waals surface area contributed by atoms with Crippen LogP contribution in [-0.4, -0.2) is 32.1 Å². The SMILES string of the molecule is N#Cc1cccc(OCCNC(=O)C2CCNCC2)c1. The zero-order valence-corrected chi connectivity index (χ0v) is 11.4. The van der Waals surface area contributed by atoms with Crippen LogP contribution in [-0.2, 0) is 4.79 Å². The number of hydrogen-bond acceptors (Lipinski definition) is 4. The lowest BCUT2D eigenvalue weighted by Crippen LogP contribution is -2.39. The molecule has 0 saturated carbocycles. The fraction of sp³-hybridized carbons (Fsp3) is 0.467. The van der Waals surface area contributed by atoms with Crippen LogP contribution in [0.4, 0.5) is 0 Å². The van der Waals surface area contributed by atoms with Crippen LogP contribution in [0.5, 0.6) is 5.75 Å². The van der Waals surface area contributed by atoms with Gasteiger partial charge in [-0.3, -0.25) is 4.79 Å². The van der Waals surface area contributed by atoms with Crippen molar-refractivity contribution in [2.75, 3.05) is 26.2 Å². The molecule has 20 heavy (non-hydrogen) atoms. The van der Waals surface area contributed by atoms with Crippen LogP contribution in [0, 0.1) is 17.2 Å². The number of nitriles is 1. The quantitative estimate of drug-likeness (QED) is 0.787. The summed E-state index contributed by atoms with van der Waals surface area (Å²) in [6.07, 6.45) is 1.80. The van der Waals surface area contributed by atoms with E-state index in [4.69, 9.17) is 10.00 Å². The molecule has 5 nitrogen and oxygen atoms in total. The number of piperidine rings is 1. The van der Waals surface area contributed by atoms with Crippen LogP contribution < -0.4 is 15.4 Å². The molecule has 1 amide bonds. The zero-order chi connectivity index (χ0) is 14.2. The second-order valence-corrected chi connectivity index (χ2v) is 4.80. The molecule has 0 radical (unpaired) electrons. The first kappa shape index (κ1) is 14.4. The average Bonchev–Trinajstić information content (AvgIpc) is 2.52. The fourth-order valence-electron chi connectivity index (χ4n) is 2.23. The van der Waals surface area contributed by atoms with Gasteiger partial charge in [0, 0.05) is 5.92 Å². The molecule has 0 aromatic heterocycles. The maximum absolute atomic E-state index is 11.9.